The Morgan fingerprint density at radius 2 is 1.63 bits per heavy atom. The number of ether oxygens (including phenoxy) is 4. The summed E-state index contributed by atoms with van der Waals surface area (Å²) in [6.07, 6.45) is -4.36. The molecule has 2 aliphatic heterocycles. The van der Waals surface area contributed by atoms with E-state index in [4.69, 9.17) is 18.9 Å². The first-order valence-corrected chi connectivity index (χ1v) is 15.4. The Morgan fingerprint density at radius 1 is 1.05 bits per heavy atom. The quantitative estimate of drug-likeness (QED) is 0.287. The van der Waals surface area contributed by atoms with Gasteiger partial charge < -0.3 is 39.6 Å². The minimum absolute atomic E-state index is 0.223. The lowest BCUT2D eigenvalue weighted by Gasteiger charge is -2.50. The summed E-state index contributed by atoms with van der Waals surface area (Å²) >= 11 is 0. The topological polar surface area (TPSA) is 144 Å². The van der Waals surface area contributed by atoms with Crippen molar-refractivity contribution in [2.75, 3.05) is 7.11 Å². The van der Waals surface area contributed by atoms with Gasteiger partial charge in [-0.25, -0.2) is 4.79 Å². The Morgan fingerprint density at radius 3 is 2.16 bits per heavy atom. The van der Waals surface area contributed by atoms with E-state index in [2.05, 4.69) is 17.4 Å². The van der Waals surface area contributed by atoms with Crippen LogP contribution in [-0.4, -0.2) is 76.2 Å². The zero-order valence-corrected chi connectivity index (χ0v) is 27.6. The van der Waals surface area contributed by atoms with E-state index in [9.17, 15) is 24.9 Å². The van der Waals surface area contributed by atoms with Crippen molar-refractivity contribution in [1.82, 2.24) is 5.32 Å². The maximum Gasteiger partial charge on any atom is 0.407 e. The van der Waals surface area contributed by atoms with E-state index in [0.29, 0.717) is 6.42 Å². The summed E-state index contributed by atoms with van der Waals surface area (Å²) in [5.41, 5.74) is 0.873. The average molecular weight is 608 g/mol. The first kappa shape index (κ1) is 35.2. The molecule has 0 spiro atoms. The van der Waals surface area contributed by atoms with E-state index >= 15 is 0 Å². The molecule has 2 fully saturated rings. The lowest BCUT2D eigenvalue weighted by atomic mass is 9.72. The van der Waals surface area contributed by atoms with Crippen LogP contribution in [0.25, 0.3) is 0 Å². The summed E-state index contributed by atoms with van der Waals surface area (Å²) in [5, 5.41) is 36.6. The molecule has 10 heteroatoms. The van der Waals surface area contributed by atoms with E-state index in [-0.39, 0.29) is 18.3 Å². The molecule has 10 nitrogen and oxygen atoms in total. The Balaban J connectivity index is 1.94. The molecule has 1 aromatic rings. The van der Waals surface area contributed by atoms with Gasteiger partial charge in [-0.05, 0) is 71.4 Å². The predicted octanol–water partition coefficient (Wildman–Crippen LogP) is 4.25. The zero-order chi connectivity index (χ0) is 32.6. The van der Waals surface area contributed by atoms with Crippen molar-refractivity contribution < 1.29 is 43.9 Å². The highest BCUT2D eigenvalue weighted by Crippen LogP contribution is 2.44. The van der Waals surface area contributed by atoms with Crippen LogP contribution in [0, 0.1) is 44.4 Å². The number of methoxy groups -OCH3 is 1. The minimum atomic E-state index is -1.65. The van der Waals surface area contributed by atoms with Crippen LogP contribution in [0.2, 0.25) is 0 Å². The van der Waals surface area contributed by atoms with Gasteiger partial charge in [-0.1, -0.05) is 45.4 Å². The number of aryl methyl sites for hydroxylation is 3. The smallest absolute Gasteiger partial charge is 0.407 e. The van der Waals surface area contributed by atoms with Gasteiger partial charge in [-0.15, -0.1) is 0 Å². The third-order valence-electron chi connectivity index (χ3n) is 9.75. The maximum absolute atomic E-state index is 12.7. The van der Waals surface area contributed by atoms with E-state index in [0.717, 1.165) is 22.3 Å². The molecule has 0 bridgehead atoms. The number of hydrogen-bond donors (Lipinski definition) is 4. The van der Waals surface area contributed by atoms with Crippen LogP contribution in [0.1, 0.15) is 89.9 Å². The van der Waals surface area contributed by atoms with Crippen LogP contribution >= 0.6 is 0 Å². The standard InChI is InChI=1S/C33H53NO9/c1-12-23(35)33(10,39)28-20(6)25(34-31(37)43-28)19(5)15-32(9,38)27-21(7)26(22(8)29(36)40-11)41-30(42-27)24-17(3)13-16(2)14-18(24)4/h13-14,19-23,25-28,30,35,38-39H,12,15H2,1-11H3,(H,34,37)/t19-,20+,21+,22-,23-,25+,26+,27-,28-,30-,32-,33-/m1/s1. The number of carbonyl (C=O) groups excluding carboxylic acids is 2. The van der Waals surface area contributed by atoms with E-state index in [1.54, 1.807) is 20.8 Å². The van der Waals surface area contributed by atoms with Gasteiger partial charge in [-0.2, -0.15) is 0 Å². The lowest BCUT2D eigenvalue weighted by Crippen LogP contribution is -2.64. The summed E-state index contributed by atoms with van der Waals surface area (Å²) in [7, 11) is 1.34. The van der Waals surface area contributed by atoms with E-state index in [1.165, 1.54) is 14.0 Å². The number of cyclic esters (lactones) is 1. The molecule has 0 unspecified atom stereocenters. The molecule has 43 heavy (non-hydrogen) atoms. The molecule has 0 saturated carbocycles. The van der Waals surface area contributed by atoms with Crippen molar-refractivity contribution in [3.8, 4) is 0 Å². The van der Waals surface area contributed by atoms with Crippen LogP contribution < -0.4 is 5.32 Å². The largest absolute Gasteiger partial charge is 0.469 e. The Bertz CT molecular complexity index is 1130. The van der Waals surface area contributed by atoms with Crippen molar-refractivity contribution in [2.24, 2.45) is 23.7 Å². The average Bonchev–Trinajstić information content (AvgIpc) is 2.92. The first-order valence-electron chi connectivity index (χ1n) is 15.4. The van der Waals surface area contributed by atoms with Gasteiger partial charge in [0.15, 0.2) is 6.29 Å². The van der Waals surface area contributed by atoms with Crippen LogP contribution in [0.15, 0.2) is 12.1 Å². The van der Waals surface area contributed by atoms with Crippen LogP contribution in [-0.2, 0) is 23.7 Å². The molecule has 0 aliphatic carbocycles. The zero-order valence-electron chi connectivity index (χ0n) is 27.6. The maximum atomic E-state index is 12.7. The van der Waals surface area contributed by atoms with Gasteiger partial charge in [0.25, 0.3) is 0 Å². The fraction of sp³-hybridized carbons (Fsp3) is 0.758. The number of amides is 1. The number of hydrogen-bond acceptors (Lipinski definition) is 9. The van der Waals surface area contributed by atoms with E-state index < -0.39 is 71.8 Å². The molecule has 244 valence electrons. The number of nitrogens with one attached hydrogen (secondary N) is 1. The molecule has 1 amide bonds. The molecule has 3 rings (SSSR count). The number of benzene rings is 1. The third-order valence-corrected chi connectivity index (χ3v) is 9.75. The number of aliphatic hydroxyl groups is 3. The number of aliphatic hydroxyl groups excluding tert-OH is 1. The molecular formula is C33H53NO9. The van der Waals surface area contributed by atoms with Gasteiger partial charge in [0.1, 0.15) is 11.7 Å². The van der Waals surface area contributed by atoms with Crippen LogP contribution in [0.5, 0.6) is 0 Å². The number of rotatable bonds is 10. The SMILES string of the molecule is CC[C@@H](O)[C@@](C)(O)[C@@H]1OC(=O)N[C@@H]([C@H](C)C[C@@](C)(O)[C@@H]2O[C@H](c3c(C)cc(C)cc3C)O[C@H]([C@@H](C)C(=O)OC)[C@@H]2C)[C@@H]1C. The monoisotopic (exact) mass is 607 g/mol. The Kier molecular flexibility index (Phi) is 11.0. The molecule has 1 aromatic carbocycles. The molecule has 2 saturated heterocycles. The summed E-state index contributed by atoms with van der Waals surface area (Å²) in [4.78, 5) is 25.3. The van der Waals surface area contributed by atoms with Gasteiger partial charge in [-0.3, -0.25) is 4.79 Å². The van der Waals surface area contributed by atoms with Gasteiger partial charge in [0.05, 0.1) is 36.9 Å². The third kappa shape index (κ3) is 7.20. The van der Waals surface area contributed by atoms with Crippen molar-refractivity contribution >= 4 is 12.1 Å². The second-order valence-corrected chi connectivity index (χ2v) is 13.5. The molecule has 4 N–H and O–H groups in total. The van der Waals surface area contributed by atoms with Crippen molar-refractivity contribution in [3.63, 3.8) is 0 Å². The first-order chi connectivity index (χ1) is 19.9. The number of alkyl carbamates (subject to hydrolysis) is 1. The molecular weight excluding hydrogens is 554 g/mol. The Hall–Kier alpha value is -2.24. The molecule has 12 atom stereocenters. The second-order valence-electron chi connectivity index (χ2n) is 13.5. The number of esters is 1. The number of carbonyl (C=O) groups is 2. The van der Waals surface area contributed by atoms with Crippen LogP contribution in [0.3, 0.4) is 0 Å². The van der Waals surface area contributed by atoms with Gasteiger partial charge in [0.2, 0.25) is 0 Å². The molecule has 0 aromatic heterocycles. The fourth-order valence-electron chi connectivity index (χ4n) is 7.56. The lowest BCUT2D eigenvalue weighted by molar-refractivity contribution is -0.312. The summed E-state index contributed by atoms with van der Waals surface area (Å²) in [6.45, 7) is 18.4. The van der Waals surface area contributed by atoms with Crippen LogP contribution in [0.4, 0.5) is 4.79 Å². The van der Waals surface area contributed by atoms with Gasteiger partial charge in [0, 0.05) is 23.4 Å². The summed E-state index contributed by atoms with van der Waals surface area (Å²) < 4.78 is 23.6. The highest BCUT2D eigenvalue weighted by atomic mass is 16.7. The van der Waals surface area contributed by atoms with Gasteiger partial charge >= 0.3 is 12.1 Å². The minimum Gasteiger partial charge on any atom is -0.469 e. The highest BCUT2D eigenvalue weighted by molar-refractivity contribution is 5.72. The van der Waals surface area contributed by atoms with Crippen molar-refractivity contribution in [2.45, 2.75) is 130 Å². The van der Waals surface area contributed by atoms with Crippen molar-refractivity contribution in [3.05, 3.63) is 34.4 Å². The van der Waals surface area contributed by atoms with E-state index in [1.807, 2.05) is 41.5 Å². The molecule has 2 heterocycles. The normalized spacial score (nSPS) is 32.8. The Labute approximate surface area is 256 Å². The molecule has 0 radical (unpaired) electrons. The van der Waals surface area contributed by atoms with Crippen molar-refractivity contribution in [1.29, 1.82) is 0 Å². The summed E-state index contributed by atoms with van der Waals surface area (Å²) in [5.74, 6) is -2.09. The second kappa shape index (κ2) is 13.4. The molecule has 2 aliphatic rings. The highest BCUT2D eigenvalue weighted by Gasteiger charge is 2.53. The summed E-state index contributed by atoms with van der Waals surface area (Å²) in [6, 6.07) is 3.64. The fourth-order valence-corrected chi connectivity index (χ4v) is 7.56. The predicted molar refractivity (Wildman–Crippen MR) is 161 cm³/mol.